The quantitative estimate of drug-likeness (QED) is 0.142. The maximum atomic E-state index is 10.8. The summed E-state index contributed by atoms with van der Waals surface area (Å²) in [6.07, 6.45) is 0. The van der Waals surface area contributed by atoms with Gasteiger partial charge in [-0.1, -0.05) is 206 Å². The molecule has 0 saturated carbocycles. The summed E-state index contributed by atoms with van der Waals surface area (Å²) in [5.74, 6) is 1.54. The maximum absolute atomic E-state index is 10.8. The summed E-state index contributed by atoms with van der Waals surface area (Å²) < 4.78 is 0. The van der Waals surface area contributed by atoms with Crippen LogP contribution < -0.4 is 0 Å². The molecular weight excluding hydrogens is 803 g/mol. The molecule has 0 atom stereocenters. The molecule has 0 bridgehead atoms. The summed E-state index contributed by atoms with van der Waals surface area (Å²) in [4.78, 5) is 15.3. The molecule has 306 valence electrons. The number of benzene rings is 10. The SMILES string of the molecule is N#Cc1ccc(-c2ccccc2-c2nc(-c3ccccc3)nc(-c3ccccc3-c3ccc(-c4ccccc4-c4ccc(-c5cccc6ccc7ccccc7c56)cc4)cc3C#N)n2)cc1. The van der Waals surface area contributed by atoms with Gasteiger partial charge in [0, 0.05) is 22.3 Å². The number of nitriles is 2. The van der Waals surface area contributed by atoms with Gasteiger partial charge in [-0.25, -0.2) is 15.0 Å². The molecule has 0 spiro atoms. The van der Waals surface area contributed by atoms with Crippen LogP contribution in [0.2, 0.25) is 0 Å². The molecule has 0 aliphatic rings. The lowest BCUT2D eigenvalue weighted by Crippen LogP contribution is -2.02. The molecule has 1 heterocycles. The van der Waals surface area contributed by atoms with E-state index in [9.17, 15) is 10.5 Å². The number of rotatable bonds is 8. The molecule has 0 aliphatic heterocycles. The highest BCUT2D eigenvalue weighted by Gasteiger charge is 2.20. The Morgan fingerprint density at radius 1 is 0.288 bits per heavy atom. The summed E-state index contributed by atoms with van der Waals surface area (Å²) in [6.45, 7) is 0. The molecular formula is C61H37N5. The first-order chi connectivity index (χ1) is 32.6. The minimum Gasteiger partial charge on any atom is -0.208 e. The third-order valence-corrected chi connectivity index (χ3v) is 12.3. The predicted molar refractivity (Wildman–Crippen MR) is 268 cm³/mol. The lowest BCUT2D eigenvalue weighted by atomic mass is 9.89. The normalized spacial score (nSPS) is 11.0. The molecule has 10 aromatic carbocycles. The maximum Gasteiger partial charge on any atom is 0.164 e. The number of hydrogen-bond donors (Lipinski definition) is 0. The van der Waals surface area contributed by atoms with E-state index in [1.54, 1.807) is 0 Å². The van der Waals surface area contributed by atoms with Gasteiger partial charge < -0.3 is 0 Å². The molecule has 11 rings (SSSR count). The van der Waals surface area contributed by atoms with Crippen molar-refractivity contribution < 1.29 is 0 Å². The Bertz CT molecular complexity index is 3710. The molecule has 0 fully saturated rings. The van der Waals surface area contributed by atoms with Gasteiger partial charge in [-0.15, -0.1) is 0 Å². The average molecular weight is 840 g/mol. The van der Waals surface area contributed by atoms with E-state index in [0.717, 1.165) is 66.8 Å². The lowest BCUT2D eigenvalue weighted by molar-refractivity contribution is 1.07. The van der Waals surface area contributed by atoms with E-state index in [1.807, 2.05) is 121 Å². The first-order valence-corrected chi connectivity index (χ1v) is 21.8. The van der Waals surface area contributed by atoms with E-state index in [2.05, 4.69) is 115 Å². The molecule has 5 nitrogen and oxygen atoms in total. The van der Waals surface area contributed by atoms with Crippen LogP contribution in [0.5, 0.6) is 0 Å². The highest BCUT2D eigenvalue weighted by atomic mass is 15.0. The fourth-order valence-electron chi connectivity index (χ4n) is 9.06. The van der Waals surface area contributed by atoms with Crippen LogP contribution in [0.3, 0.4) is 0 Å². The number of fused-ring (bicyclic) bond motifs is 3. The zero-order valence-electron chi connectivity index (χ0n) is 35.6. The van der Waals surface area contributed by atoms with Crippen LogP contribution >= 0.6 is 0 Å². The van der Waals surface area contributed by atoms with E-state index in [1.165, 1.54) is 27.1 Å². The topological polar surface area (TPSA) is 86.2 Å². The minimum absolute atomic E-state index is 0.488. The monoisotopic (exact) mass is 839 g/mol. The van der Waals surface area contributed by atoms with Crippen LogP contribution in [0.25, 0.3) is 111 Å². The highest BCUT2D eigenvalue weighted by molar-refractivity contribution is 6.14. The van der Waals surface area contributed by atoms with Gasteiger partial charge in [0.2, 0.25) is 0 Å². The molecule has 66 heavy (non-hydrogen) atoms. The van der Waals surface area contributed by atoms with Crippen LogP contribution in [0.1, 0.15) is 11.1 Å². The second kappa shape index (κ2) is 17.1. The first kappa shape index (κ1) is 39.5. The van der Waals surface area contributed by atoms with E-state index in [-0.39, 0.29) is 0 Å². The van der Waals surface area contributed by atoms with Crippen LogP contribution in [0, 0.1) is 22.7 Å². The molecule has 0 amide bonds. The van der Waals surface area contributed by atoms with Gasteiger partial charge in [-0.2, -0.15) is 10.5 Å². The highest BCUT2D eigenvalue weighted by Crippen LogP contribution is 2.41. The molecule has 0 saturated heterocycles. The van der Waals surface area contributed by atoms with Gasteiger partial charge in [0.25, 0.3) is 0 Å². The Hall–Kier alpha value is -9.29. The van der Waals surface area contributed by atoms with E-state index in [0.29, 0.717) is 28.6 Å². The molecule has 5 heteroatoms. The Morgan fingerprint density at radius 3 is 1.42 bits per heavy atom. The standard InChI is InChI=1S/C61H37N5/c62-38-40-25-27-42(28-26-40)50-18-8-10-22-56(50)60-64-59(46-14-2-1-3-15-46)65-61(66-60)57-23-11-9-21-55(57)52-36-35-47(37-48(52)39-63)51-19-7-6-17-49(51)43-29-31-44(32-30-43)54-24-12-16-45-34-33-41-13-4-5-20-53(41)58(45)54/h1-37H. The van der Waals surface area contributed by atoms with Gasteiger partial charge in [0.1, 0.15) is 0 Å². The minimum atomic E-state index is 0.488. The molecule has 0 unspecified atom stereocenters. The van der Waals surface area contributed by atoms with Crippen molar-refractivity contribution in [3.63, 3.8) is 0 Å². The van der Waals surface area contributed by atoms with Crippen LogP contribution in [0.4, 0.5) is 0 Å². The molecule has 1 aromatic heterocycles. The lowest BCUT2D eigenvalue weighted by Gasteiger charge is -2.16. The van der Waals surface area contributed by atoms with Crippen molar-refractivity contribution in [3.05, 3.63) is 236 Å². The van der Waals surface area contributed by atoms with Crippen molar-refractivity contribution in [1.29, 1.82) is 10.5 Å². The van der Waals surface area contributed by atoms with Crippen molar-refractivity contribution >= 4 is 21.5 Å². The van der Waals surface area contributed by atoms with Crippen LogP contribution in [-0.2, 0) is 0 Å². The predicted octanol–water partition coefficient (Wildman–Crippen LogP) is 15.3. The van der Waals surface area contributed by atoms with Crippen molar-refractivity contribution in [1.82, 2.24) is 15.0 Å². The van der Waals surface area contributed by atoms with Gasteiger partial charge in [-0.3, -0.25) is 0 Å². The fraction of sp³-hybridized carbons (Fsp3) is 0. The smallest absolute Gasteiger partial charge is 0.164 e. The zero-order valence-corrected chi connectivity index (χ0v) is 35.6. The van der Waals surface area contributed by atoms with E-state index < -0.39 is 0 Å². The number of nitrogens with zero attached hydrogens (tertiary/aromatic N) is 5. The molecule has 11 aromatic rings. The van der Waals surface area contributed by atoms with Crippen molar-refractivity contribution in [3.8, 4) is 102 Å². The summed E-state index contributed by atoms with van der Waals surface area (Å²) in [5, 5.41) is 25.2. The van der Waals surface area contributed by atoms with Gasteiger partial charge >= 0.3 is 0 Å². The molecule has 0 radical (unpaired) electrons. The number of hydrogen-bond acceptors (Lipinski definition) is 5. The van der Waals surface area contributed by atoms with Gasteiger partial charge in [-0.05, 0) is 89.8 Å². The van der Waals surface area contributed by atoms with Crippen molar-refractivity contribution in [2.45, 2.75) is 0 Å². The third-order valence-electron chi connectivity index (χ3n) is 12.3. The third kappa shape index (κ3) is 7.33. The van der Waals surface area contributed by atoms with Crippen LogP contribution in [-0.4, -0.2) is 15.0 Å². The summed E-state index contributed by atoms with van der Waals surface area (Å²) >= 11 is 0. The Kier molecular flexibility index (Phi) is 10.3. The molecule has 0 aliphatic carbocycles. The largest absolute Gasteiger partial charge is 0.208 e. The summed E-state index contributed by atoms with van der Waals surface area (Å²) in [7, 11) is 0. The average Bonchev–Trinajstić information content (AvgIpc) is 3.40. The van der Waals surface area contributed by atoms with Crippen LogP contribution in [0.15, 0.2) is 224 Å². The summed E-state index contributed by atoms with van der Waals surface area (Å²) in [5.41, 5.74) is 13.6. The van der Waals surface area contributed by atoms with Gasteiger partial charge in [0.15, 0.2) is 17.5 Å². The number of aromatic nitrogens is 3. The van der Waals surface area contributed by atoms with Crippen molar-refractivity contribution in [2.24, 2.45) is 0 Å². The Morgan fingerprint density at radius 2 is 0.758 bits per heavy atom. The van der Waals surface area contributed by atoms with E-state index in [4.69, 9.17) is 15.0 Å². The van der Waals surface area contributed by atoms with E-state index >= 15 is 0 Å². The first-order valence-electron chi connectivity index (χ1n) is 21.8. The second-order valence-corrected chi connectivity index (χ2v) is 16.1. The Balaban J connectivity index is 0.981. The Labute approximate surface area is 382 Å². The second-order valence-electron chi connectivity index (χ2n) is 16.1. The zero-order chi connectivity index (χ0) is 44.4. The fourth-order valence-corrected chi connectivity index (χ4v) is 9.06. The van der Waals surface area contributed by atoms with Gasteiger partial charge in [0.05, 0.1) is 23.3 Å². The summed E-state index contributed by atoms with van der Waals surface area (Å²) in [6, 6.07) is 81.0. The van der Waals surface area contributed by atoms with Crippen molar-refractivity contribution in [2.75, 3.05) is 0 Å². The molecule has 0 N–H and O–H groups in total.